The minimum absolute atomic E-state index is 0.00335. The van der Waals surface area contributed by atoms with Crippen LogP contribution in [0.15, 0.2) is 91.5 Å². The summed E-state index contributed by atoms with van der Waals surface area (Å²) in [5.74, 6) is -4.95. The summed E-state index contributed by atoms with van der Waals surface area (Å²) in [5, 5.41) is 1.05. The maximum absolute atomic E-state index is 15.4. The van der Waals surface area contributed by atoms with Crippen molar-refractivity contribution >= 4 is 10.8 Å². The maximum Gasteiger partial charge on any atom is 0.201 e. The van der Waals surface area contributed by atoms with Gasteiger partial charge in [-0.3, -0.25) is 0 Å². The van der Waals surface area contributed by atoms with Crippen LogP contribution in [0.2, 0.25) is 0 Å². The number of halogens is 5. The molecule has 0 saturated carbocycles. The zero-order chi connectivity index (χ0) is 29.8. The van der Waals surface area contributed by atoms with Crippen LogP contribution in [0.1, 0.15) is 31.7 Å². The molecular formula is C36H29F5O. The molecule has 0 spiro atoms. The van der Waals surface area contributed by atoms with Crippen LogP contribution in [-0.2, 0) is 6.42 Å². The Hall–Kier alpha value is -4.45. The largest absolute Gasteiger partial charge is 0.486 e. The molecule has 0 fully saturated rings. The number of fused-ring (bicyclic) bond motifs is 1. The molecule has 0 atom stereocenters. The van der Waals surface area contributed by atoms with Gasteiger partial charge in [0.15, 0.2) is 23.2 Å². The highest BCUT2D eigenvalue weighted by molar-refractivity contribution is 5.89. The topological polar surface area (TPSA) is 9.23 Å². The molecule has 0 N–H and O–H groups in total. The van der Waals surface area contributed by atoms with Crippen LogP contribution in [0, 0.1) is 29.1 Å². The second-order valence-electron chi connectivity index (χ2n) is 10.2. The molecule has 0 heterocycles. The average Bonchev–Trinajstić information content (AvgIpc) is 3.00. The summed E-state index contributed by atoms with van der Waals surface area (Å²) in [7, 11) is 0. The average molecular weight is 573 g/mol. The summed E-state index contributed by atoms with van der Waals surface area (Å²) in [5.41, 5.74) is 2.00. The summed E-state index contributed by atoms with van der Waals surface area (Å²) in [4.78, 5) is 0. The molecule has 0 bridgehead atoms. The van der Waals surface area contributed by atoms with Crippen LogP contribution in [0.25, 0.3) is 44.2 Å². The van der Waals surface area contributed by atoms with E-state index in [2.05, 4.69) is 13.5 Å². The van der Waals surface area contributed by atoms with Crippen LogP contribution < -0.4 is 4.74 Å². The Labute approximate surface area is 241 Å². The first-order valence-electron chi connectivity index (χ1n) is 13.9. The van der Waals surface area contributed by atoms with Gasteiger partial charge >= 0.3 is 0 Å². The monoisotopic (exact) mass is 572 g/mol. The predicted octanol–water partition coefficient (Wildman–Crippen LogP) is 10.8. The Morgan fingerprint density at radius 2 is 1.21 bits per heavy atom. The highest BCUT2D eigenvalue weighted by atomic mass is 19.2. The number of unbranched alkanes of at least 4 members (excludes halogenated alkanes) is 2. The Bertz CT molecular complexity index is 1760. The fourth-order valence-corrected chi connectivity index (χ4v) is 5.10. The highest BCUT2D eigenvalue weighted by Gasteiger charge is 2.19. The SMILES string of the molecule is C=CCOc1ccc(-c2ccc(-c3ccc(-c4ccc5cc(CCCCC)cc(F)c5c4)c(F)c3F)cc2)c(F)c1F. The summed E-state index contributed by atoms with van der Waals surface area (Å²) >= 11 is 0. The molecule has 0 aromatic heterocycles. The quantitative estimate of drug-likeness (QED) is 0.0919. The number of rotatable bonds is 10. The third-order valence-corrected chi connectivity index (χ3v) is 7.34. The number of hydrogen-bond acceptors (Lipinski definition) is 1. The van der Waals surface area contributed by atoms with Crippen molar-refractivity contribution in [3.05, 3.63) is 126 Å². The van der Waals surface area contributed by atoms with E-state index in [1.165, 1.54) is 66.7 Å². The number of ether oxygens (including phenoxy) is 1. The third-order valence-electron chi connectivity index (χ3n) is 7.34. The van der Waals surface area contributed by atoms with Gasteiger partial charge < -0.3 is 4.74 Å². The van der Waals surface area contributed by atoms with E-state index in [1.54, 1.807) is 12.1 Å². The molecule has 0 aliphatic heterocycles. The molecule has 0 aliphatic carbocycles. The van der Waals surface area contributed by atoms with E-state index in [0.29, 0.717) is 27.5 Å². The minimum Gasteiger partial charge on any atom is -0.486 e. The Morgan fingerprint density at radius 1 is 0.643 bits per heavy atom. The molecule has 42 heavy (non-hydrogen) atoms. The van der Waals surface area contributed by atoms with Gasteiger partial charge in [-0.1, -0.05) is 87.0 Å². The summed E-state index contributed by atoms with van der Waals surface area (Å²) in [6, 6.07) is 20.0. The zero-order valence-corrected chi connectivity index (χ0v) is 23.1. The first-order valence-corrected chi connectivity index (χ1v) is 13.9. The lowest BCUT2D eigenvalue weighted by molar-refractivity contribution is 0.333. The van der Waals surface area contributed by atoms with E-state index in [4.69, 9.17) is 4.74 Å². The summed E-state index contributed by atoms with van der Waals surface area (Å²) < 4.78 is 79.9. The van der Waals surface area contributed by atoms with Crippen molar-refractivity contribution in [2.24, 2.45) is 0 Å². The lowest BCUT2D eigenvalue weighted by Gasteiger charge is -2.12. The van der Waals surface area contributed by atoms with Crippen molar-refractivity contribution in [3.8, 4) is 39.1 Å². The number of benzene rings is 5. The second-order valence-corrected chi connectivity index (χ2v) is 10.2. The van der Waals surface area contributed by atoms with Crippen molar-refractivity contribution in [1.29, 1.82) is 0 Å². The standard InChI is InChI=1S/C36H29F5O/c1-3-5-6-7-22-19-25-12-13-26(21-30(25)31(37)20-22)29-15-14-27(33(38)34(29)39)23-8-10-24(11-9-23)28-16-17-32(42-18-4-2)36(41)35(28)40/h4,8-17,19-21H,2-3,5-7,18H2,1H3. The van der Waals surface area contributed by atoms with Crippen LogP contribution in [0.5, 0.6) is 5.75 Å². The number of aryl methyl sites for hydroxylation is 1. The van der Waals surface area contributed by atoms with E-state index in [0.717, 1.165) is 31.2 Å². The molecule has 5 aromatic carbocycles. The van der Waals surface area contributed by atoms with Gasteiger partial charge in [0, 0.05) is 22.1 Å². The molecule has 0 amide bonds. The van der Waals surface area contributed by atoms with Gasteiger partial charge in [-0.25, -0.2) is 17.6 Å². The molecule has 5 rings (SSSR count). The predicted molar refractivity (Wildman–Crippen MR) is 159 cm³/mol. The molecule has 0 saturated heterocycles. The second kappa shape index (κ2) is 12.6. The third kappa shape index (κ3) is 5.80. The van der Waals surface area contributed by atoms with E-state index in [-0.39, 0.29) is 29.0 Å². The Kier molecular flexibility index (Phi) is 8.72. The fraction of sp³-hybridized carbons (Fsp3) is 0.167. The fourth-order valence-electron chi connectivity index (χ4n) is 5.10. The van der Waals surface area contributed by atoms with E-state index >= 15 is 8.78 Å². The van der Waals surface area contributed by atoms with Crippen molar-refractivity contribution < 1.29 is 26.7 Å². The molecule has 1 nitrogen and oxygen atoms in total. The van der Waals surface area contributed by atoms with Gasteiger partial charge in [0.2, 0.25) is 5.82 Å². The zero-order valence-electron chi connectivity index (χ0n) is 23.1. The van der Waals surface area contributed by atoms with Crippen molar-refractivity contribution in [2.45, 2.75) is 32.6 Å². The van der Waals surface area contributed by atoms with Crippen LogP contribution >= 0.6 is 0 Å². The van der Waals surface area contributed by atoms with Crippen molar-refractivity contribution in [2.75, 3.05) is 6.61 Å². The highest BCUT2D eigenvalue weighted by Crippen LogP contribution is 2.35. The van der Waals surface area contributed by atoms with Gasteiger partial charge in [0.1, 0.15) is 12.4 Å². The van der Waals surface area contributed by atoms with E-state index in [9.17, 15) is 13.2 Å². The molecule has 6 heteroatoms. The van der Waals surface area contributed by atoms with Crippen molar-refractivity contribution in [1.82, 2.24) is 0 Å². The van der Waals surface area contributed by atoms with Crippen molar-refractivity contribution in [3.63, 3.8) is 0 Å². The van der Waals surface area contributed by atoms with Crippen LogP contribution in [0.3, 0.4) is 0 Å². The van der Waals surface area contributed by atoms with Crippen LogP contribution in [0.4, 0.5) is 22.0 Å². The summed E-state index contributed by atoms with van der Waals surface area (Å²) in [6.07, 6.45) is 5.34. The van der Waals surface area contributed by atoms with Crippen LogP contribution in [-0.4, -0.2) is 6.61 Å². The van der Waals surface area contributed by atoms with Gasteiger partial charge in [0.05, 0.1) is 0 Å². The van der Waals surface area contributed by atoms with E-state index < -0.39 is 29.1 Å². The molecule has 0 radical (unpaired) electrons. The summed E-state index contributed by atoms with van der Waals surface area (Å²) in [6.45, 7) is 5.62. The van der Waals surface area contributed by atoms with E-state index in [1.807, 2.05) is 6.07 Å². The van der Waals surface area contributed by atoms with Gasteiger partial charge in [0.25, 0.3) is 0 Å². The Balaban J connectivity index is 1.42. The molecule has 5 aromatic rings. The normalized spacial score (nSPS) is 11.2. The van der Waals surface area contributed by atoms with Gasteiger partial charge in [-0.2, -0.15) is 4.39 Å². The molecular weight excluding hydrogens is 543 g/mol. The first-order chi connectivity index (χ1) is 20.3. The number of hydrogen-bond donors (Lipinski definition) is 0. The molecule has 214 valence electrons. The lowest BCUT2D eigenvalue weighted by Crippen LogP contribution is -1.99. The first kappa shape index (κ1) is 29.1. The minimum atomic E-state index is -1.12. The maximum atomic E-state index is 15.4. The Morgan fingerprint density at radius 3 is 1.83 bits per heavy atom. The van der Waals surface area contributed by atoms with Gasteiger partial charge in [-0.05, 0) is 64.7 Å². The molecule has 0 unspecified atom stereocenters. The van der Waals surface area contributed by atoms with Gasteiger partial charge in [-0.15, -0.1) is 0 Å². The lowest BCUT2D eigenvalue weighted by atomic mass is 9.95. The molecule has 0 aliphatic rings. The smallest absolute Gasteiger partial charge is 0.201 e.